The van der Waals surface area contributed by atoms with E-state index in [-0.39, 0.29) is 6.61 Å². The van der Waals surface area contributed by atoms with Crippen LogP contribution in [0.25, 0.3) is 10.2 Å². The van der Waals surface area contributed by atoms with Crippen molar-refractivity contribution in [1.82, 2.24) is 4.98 Å². The predicted molar refractivity (Wildman–Crippen MR) is 84.6 cm³/mol. The maximum atomic E-state index is 12.1. The first-order chi connectivity index (χ1) is 10.1. The largest absolute Gasteiger partial charge is 0.457 e. The minimum Gasteiger partial charge on any atom is -0.457 e. The highest BCUT2D eigenvalue weighted by molar-refractivity contribution is 7.22. The molecule has 0 spiro atoms. The van der Waals surface area contributed by atoms with Gasteiger partial charge in [-0.15, -0.1) is 0 Å². The molecule has 0 saturated carbocycles. The predicted octanol–water partition coefficient (Wildman–Crippen LogP) is 3.89. The molecule has 1 aromatic heterocycles. The summed E-state index contributed by atoms with van der Waals surface area (Å²) in [4.78, 5) is 16.2. The SMILES string of the molecule is Nc1nc2ccc(C(=O)OCc3ccccc3Cl)cc2s1. The van der Waals surface area contributed by atoms with Gasteiger partial charge < -0.3 is 10.5 Å². The number of rotatable bonds is 3. The van der Waals surface area contributed by atoms with Crippen LogP contribution in [0.5, 0.6) is 0 Å². The number of anilines is 1. The molecule has 0 aliphatic rings. The highest BCUT2D eigenvalue weighted by Gasteiger charge is 2.11. The lowest BCUT2D eigenvalue weighted by Gasteiger charge is -2.06. The van der Waals surface area contributed by atoms with Crippen molar-refractivity contribution in [1.29, 1.82) is 0 Å². The molecule has 21 heavy (non-hydrogen) atoms. The van der Waals surface area contributed by atoms with Crippen LogP contribution in [-0.2, 0) is 11.3 Å². The van der Waals surface area contributed by atoms with Gasteiger partial charge in [0.2, 0.25) is 0 Å². The molecule has 0 radical (unpaired) electrons. The van der Waals surface area contributed by atoms with Crippen molar-refractivity contribution in [2.24, 2.45) is 0 Å². The normalized spacial score (nSPS) is 10.7. The number of hydrogen-bond donors (Lipinski definition) is 1. The quantitative estimate of drug-likeness (QED) is 0.744. The maximum Gasteiger partial charge on any atom is 0.338 e. The Bertz CT molecular complexity index is 816. The second-order valence-electron chi connectivity index (χ2n) is 4.40. The van der Waals surface area contributed by atoms with E-state index >= 15 is 0 Å². The molecule has 3 rings (SSSR count). The van der Waals surface area contributed by atoms with Gasteiger partial charge in [0.25, 0.3) is 0 Å². The van der Waals surface area contributed by atoms with Gasteiger partial charge in [-0.1, -0.05) is 41.1 Å². The summed E-state index contributed by atoms with van der Waals surface area (Å²) in [5, 5.41) is 1.06. The van der Waals surface area contributed by atoms with Crippen molar-refractivity contribution in [3.63, 3.8) is 0 Å². The number of benzene rings is 2. The summed E-state index contributed by atoms with van der Waals surface area (Å²) in [6.45, 7) is 0.140. The van der Waals surface area contributed by atoms with E-state index in [1.807, 2.05) is 18.2 Å². The molecule has 0 aliphatic heterocycles. The van der Waals surface area contributed by atoms with Crippen LogP contribution in [0.2, 0.25) is 5.02 Å². The van der Waals surface area contributed by atoms with E-state index in [1.54, 1.807) is 24.3 Å². The smallest absolute Gasteiger partial charge is 0.338 e. The molecular weight excluding hydrogens is 308 g/mol. The number of aromatic nitrogens is 1. The number of carbonyl (C=O) groups excluding carboxylic acids is 1. The summed E-state index contributed by atoms with van der Waals surface area (Å²) in [5.41, 5.74) is 7.67. The maximum absolute atomic E-state index is 12.1. The highest BCUT2D eigenvalue weighted by Crippen LogP contribution is 2.25. The lowest BCUT2D eigenvalue weighted by Crippen LogP contribution is -2.05. The Morgan fingerprint density at radius 1 is 1.29 bits per heavy atom. The van der Waals surface area contributed by atoms with Crippen molar-refractivity contribution in [3.05, 3.63) is 58.6 Å². The Balaban J connectivity index is 1.76. The van der Waals surface area contributed by atoms with Gasteiger partial charge in [0.05, 0.1) is 15.8 Å². The van der Waals surface area contributed by atoms with Crippen LogP contribution < -0.4 is 5.73 Å². The first-order valence-electron chi connectivity index (χ1n) is 6.20. The molecule has 3 aromatic rings. The second-order valence-corrected chi connectivity index (χ2v) is 5.87. The van der Waals surface area contributed by atoms with Crippen LogP contribution in [0.1, 0.15) is 15.9 Å². The molecule has 0 unspecified atom stereocenters. The zero-order valence-electron chi connectivity index (χ0n) is 10.9. The number of nitrogens with two attached hydrogens (primary N) is 1. The monoisotopic (exact) mass is 318 g/mol. The molecule has 0 amide bonds. The number of nitrogens with zero attached hydrogens (tertiary/aromatic N) is 1. The number of halogens is 1. The summed E-state index contributed by atoms with van der Waals surface area (Å²) >= 11 is 7.36. The van der Waals surface area contributed by atoms with E-state index in [0.717, 1.165) is 15.8 Å². The van der Waals surface area contributed by atoms with E-state index in [9.17, 15) is 4.79 Å². The molecule has 106 valence electrons. The summed E-state index contributed by atoms with van der Waals surface area (Å²) in [5.74, 6) is -0.399. The van der Waals surface area contributed by atoms with Gasteiger partial charge in [0.1, 0.15) is 6.61 Å². The number of carbonyl (C=O) groups is 1. The molecule has 0 aliphatic carbocycles. The Hall–Kier alpha value is -2.11. The van der Waals surface area contributed by atoms with Crippen molar-refractivity contribution in [2.75, 3.05) is 5.73 Å². The van der Waals surface area contributed by atoms with E-state index in [4.69, 9.17) is 22.1 Å². The molecule has 1 heterocycles. The van der Waals surface area contributed by atoms with Crippen LogP contribution >= 0.6 is 22.9 Å². The van der Waals surface area contributed by atoms with Gasteiger partial charge in [0, 0.05) is 10.6 Å². The third-order valence-electron chi connectivity index (χ3n) is 2.96. The topological polar surface area (TPSA) is 65.2 Å². The molecule has 0 bridgehead atoms. The number of nitrogen functional groups attached to an aromatic ring is 1. The highest BCUT2D eigenvalue weighted by atomic mass is 35.5. The molecule has 0 fully saturated rings. The van der Waals surface area contributed by atoms with Crippen LogP contribution in [0, 0.1) is 0 Å². The molecule has 2 N–H and O–H groups in total. The van der Waals surface area contributed by atoms with E-state index in [1.165, 1.54) is 11.3 Å². The van der Waals surface area contributed by atoms with Gasteiger partial charge in [0.15, 0.2) is 5.13 Å². The molecule has 0 atom stereocenters. The van der Waals surface area contributed by atoms with Crippen molar-refractivity contribution in [3.8, 4) is 0 Å². The Morgan fingerprint density at radius 3 is 2.90 bits per heavy atom. The van der Waals surface area contributed by atoms with Crippen LogP contribution in [0.4, 0.5) is 5.13 Å². The first kappa shape index (κ1) is 13.9. The number of ether oxygens (including phenoxy) is 1. The molecule has 2 aromatic carbocycles. The van der Waals surface area contributed by atoms with Crippen LogP contribution in [-0.4, -0.2) is 11.0 Å². The average molecular weight is 319 g/mol. The van der Waals surface area contributed by atoms with Gasteiger partial charge in [-0.25, -0.2) is 9.78 Å². The lowest BCUT2D eigenvalue weighted by molar-refractivity contribution is 0.0473. The Labute approximate surface area is 130 Å². The second kappa shape index (κ2) is 5.71. The molecule has 4 nitrogen and oxygen atoms in total. The average Bonchev–Trinajstić information content (AvgIpc) is 2.85. The van der Waals surface area contributed by atoms with Crippen LogP contribution in [0.15, 0.2) is 42.5 Å². The number of esters is 1. The van der Waals surface area contributed by atoms with Crippen molar-refractivity contribution < 1.29 is 9.53 Å². The minimum absolute atomic E-state index is 0.140. The number of thiazole rings is 1. The van der Waals surface area contributed by atoms with Gasteiger partial charge >= 0.3 is 5.97 Å². The zero-order valence-corrected chi connectivity index (χ0v) is 12.4. The summed E-state index contributed by atoms with van der Waals surface area (Å²) in [7, 11) is 0. The fraction of sp³-hybridized carbons (Fsp3) is 0.0667. The standard InChI is InChI=1S/C15H11ClN2O2S/c16-11-4-2-1-3-10(11)8-20-14(19)9-5-6-12-13(7-9)21-15(17)18-12/h1-7H,8H2,(H2,17,18). The third-order valence-corrected chi connectivity index (χ3v) is 4.17. The fourth-order valence-electron chi connectivity index (χ4n) is 1.91. The number of fused-ring (bicyclic) bond motifs is 1. The molecule has 6 heteroatoms. The first-order valence-corrected chi connectivity index (χ1v) is 7.39. The van der Waals surface area contributed by atoms with Gasteiger partial charge in [-0.05, 0) is 24.3 Å². The third kappa shape index (κ3) is 2.99. The van der Waals surface area contributed by atoms with Gasteiger partial charge in [-0.3, -0.25) is 0 Å². The number of hydrogen-bond acceptors (Lipinski definition) is 5. The van der Waals surface area contributed by atoms with Crippen LogP contribution in [0.3, 0.4) is 0 Å². The zero-order chi connectivity index (χ0) is 14.8. The Morgan fingerprint density at radius 2 is 2.10 bits per heavy atom. The van der Waals surface area contributed by atoms with Gasteiger partial charge in [-0.2, -0.15) is 0 Å². The van der Waals surface area contributed by atoms with E-state index < -0.39 is 5.97 Å². The fourth-order valence-corrected chi connectivity index (χ4v) is 2.88. The molecule has 0 saturated heterocycles. The van der Waals surface area contributed by atoms with Crippen molar-refractivity contribution >= 4 is 44.3 Å². The minimum atomic E-state index is -0.399. The molecular formula is C15H11ClN2O2S. The Kier molecular flexibility index (Phi) is 3.77. The summed E-state index contributed by atoms with van der Waals surface area (Å²) in [6.07, 6.45) is 0. The van der Waals surface area contributed by atoms with E-state index in [0.29, 0.717) is 15.7 Å². The lowest BCUT2D eigenvalue weighted by atomic mass is 10.2. The summed E-state index contributed by atoms with van der Waals surface area (Å²) in [6, 6.07) is 12.4. The summed E-state index contributed by atoms with van der Waals surface area (Å²) < 4.78 is 6.14. The van der Waals surface area contributed by atoms with Crippen molar-refractivity contribution in [2.45, 2.75) is 6.61 Å². The van der Waals surface area contributed by atoms with E-state index in [2.05, 4.69) is 4.98 Å².